The Morgan fingerprint density at radius 3 is 2.87 bits per heavy atom. The van der Waals surface area contributed by atoms with Crippen molar-refractivity contribution in [2.75, 3.05) is 13.6 Å². The molecule has 1 fully saturated rings. The highest BCUT2D eigenvalue weighted by atomic mass is 35.5. The van der Waals surface area contributed by atoms with Gasteiger partial charge in [-0.2, -0.15) is 0 Å². The van der Waals surface area contributed by atoms with Crippen LogP contribution in [0.25, 0.3) is 0 Å². The van der Waals surface area contributed by atoms with Crippen molar-refractivity contribution in [2.24, 2.45) is 5.92 Å². The second kappa shape index (κ2) is 5.00. The summed E-state index contributed by atoms with van der Waals surface area (Å²) in [5.74, 6) is 1.42. The molecule has 1 aromatic carbocycles. The third-order valence-corrected chi connectivity index (χ3v) is 3.77. The molecule has 0 saturated heterocycles. The molecular weight excluding hydrogens is 206 g/mol. The van der Waals surface area contributed by atoms with Crippen LogP contribution in [0.1, 0.15) is 30.7 Å². The zero-order chi connectivity index (χ0) is 10.7. The molecular formula is C13H18ClN. The van der Waals surface area contributed by atoms with Gasteiger partial charge in [-0.25, -0.2) is 0 Å². The summed E-state index contributed by atoms with van der Waals surface area (Å²) in [4.78, 5) is 0. The summed E-state index contributed by atoms with van der Waals surface area (Å²) in [7, 11) is 2.03. The smallest absolute Gasteiger partial charge is 0.0440 e. The minimum Gasteiger partial charge on any atom is -0.319 e. The van der Waals surface area contributed by atoms with Crippen molar-refractivity contribution >= 4 is 11.6 Å². The Kier molecular flexibility index (Phi) is 3.66. The fourth-order valence-electron chi connectivity index (χ4n) is 2.73. The van der Waals surface area contributed by atoms with Gasteiger partial charge in [0.25, 0.3) is 0 Å². The molecule has 1 aromatic rings. The monoisotopic (exact) mass is 223 g/mol. The Labute approximate surface area is 96.8 Å². The third-order valence-electron chi connectivity index (χ3n) is 3.43. The van der Waals surface area contributed by atoms with Gasteiger partial charge in [0, 0.05) is 5.02 Å². The van der Waals surface area contributed by atoms with Crippen molar-refractivity contribution in [3.63, 3.8) is 0 Å². The van der Waals surface area contributed by atoms with E-state index in [9.17, 15) is 0 Å². The van der Waals surface area contributed by atoms with E-state index in [1.165, 1.54) is 24.8 Å². The lowest BCUT2D eigenvalue weighted by Crippen LogP contribution is -2.21. The van der Waals surface area contributed by atoms with Crippen molar-refractivity contribution in [1.82, 2.24) is 5.32 Å². The molecule has 1 saturated carbocycles. The summed E-state index contributed by atoms with van der Waals surface area (Å²) in [5.41, 5.74) is 1.34. The van der Waals surface area contributed by atoms with Crippen LogP contribution in [-0.4, -0.2) is 13.6 Å². The number of hydrogen-bond donors (Lipinski definition) is 1. The molecule has 1 aliphatic rings. The Balaban J connectivity index is 2.19. The third kappa shape index (κ3) is 2.35. The summed E-state index contributed by atoms with van der Waals surface area (Å²) >= 11 is 6.25. The second-order valence-corrected chi connectivity index (χ2v) is 4.78. The van der Waals surface area contributed by atoms with Gasteiger partial charge in [0.2, 0.25) is 0 Å². The lowest BCUT2D eigenvalue weighted by molar-refractivity contribution is 0.462. The standard InChI is InChI=1S/C13H18ClN/c1-15-9-10-5-4-7-11(10)12-6-2-3-8-13(12)14/h2-3,6,8,10-11,15H,4-5,7,9H2,1H3. The normalized spacial score (nSPS) is 25.7. The van der Waals surface area contributed by atoms with Gasteiger partial charge in [-0.3, -0.25) is 0 Å². The molecule has 82 valence electrons. The molecule has 15 heavy (non-hydrogen) atoms. The lowest BCUT2D eigenvalue weighted by atomic mass is 9.89. The van der Waals surface area contributed by atoms with Gasteiger partial charge in [-0.1, -0.05) is 36.2 Å². The van der Waals surface area contributed by atoms with Crippen LogP contribution in [0.4, 0.5) is 0 Å². The molecule has 0 aliphatic heterocycles. The predicted molar refractivity (Wildman–Crippen MR) is 65.5 cm³/mol. The van der Waals surface area contributed by atoms with E-state index in [4.69, 9.17) is 11.6 Å². The molecule has 0 bridgehead atoms. The van der Waals surface area contributed by atoms with Crippen LogP contribution < -0.4 is 5.32 Å². The minimum atomic E-state index is 0.658. The molecule has 1 nitrogen and oxygen atoms in total. The maximum absolute atomic E-state index is 6.25. The summed E-state index contributed by atoms with van der Waals surface area (Å²) in [6.07, 6.45) is 3.95. The van der Waals surface area contributed by atoms with Crippen molar-refractivity contribution in [3.05, 3.63) is 34.9 Å². The van der Waals surface area contributed by atoms with Crippen molar-refractivity contribution in [1.29, 1.82) is 0 Å². The van der Waals surface area contributed by atoms with Crippen LogP contribution in [0.5, 0.6) is 0 Å². The van der Waals surface area contributed by atoms with Crippen molar-refractivity contribution in [2.45, 2.75) is 25.2 Å². The Hall–Kier alpha value is -0.530. The molecule has 2 rings (SSSR count). The van der Waals surface area contributed by atoms with E-state index in [2.05, 4.69) is 17.4 Å². The van der Waals surface area contributed by atoms with E-state index in [-0.39, 0.29) is 0 Å². The first kappa shape index (κ1) is 11.0. The summed E-state index contributed by atoms with van der Waals surface area (Å²) in [6.45, 7) is 1.11. The van der Waals surface area contributed by atoms with Gasteiger partial charge in [-0.05, 0) is 49.9 Å². The molecule has 2 atom stereocenters. The van der Waals surface area contributed by atoms with E-state index in [0.717, 1.165) is 17.5 Å². The van der Waals surface area contributed by atoms with E-state index >= 15 is 0 Å². The quantitative estimate of drug-likeness (QED) is 0.828. The van der Waals surface area contributed by atoms with Gasteiger partial charge in [0.1, 0.15) is 0 Å². The van der Waals surface area contributed by atoms with Gasteiger partial charge < -0.3 is 5.32 Å². The zero-order valence-corrected chi connectivity index (χ0v) is 9.93. The van der Waals surface area contributed by atoms with Gasteiger partial charge in [0.15, 0.2) is 0 Å². The number of halogens is 1. The molecule has 2 unspecified atom stereocenters. The van der Waals surface area contributed by atoms with Gasteiger partial charge in [0.05, 0.1) is 0 Å². The number of nitrogens with one attached hydrogen (secondary N) is 1. The molecule has 0 amide bonds. The number of rotatable bonds is 3. The highest BCUT2D eigenvalue weighted by Crippen LogP contribution is 2.41. The topological polar surface area (TPSA) is 12.0 Å². The minimum absolute atomic E-state index is 0.658. The largest absolute Gasteiger partial charge is 0.319 e. The predicted octanol–water partition coefficient (Wildman–Crippen LogP) is 3.44. The van der Waals surface area contributed by atoms with Crippen LogP contribution in [0, 0.1) is 5.92 Å². The number of hydrogen-bond acceptors (Lipinski definition) is 1. The Morgan fingerprint density at radius 1 is 1.33 bits per heavy atom. The Bertz CT molecular complexity index is 324. The summed E-state index contributed by atoms with van der Waals surface area (Å²) < 4.78 is 0. The highest BCUT2D eigenvalue weighted by molar-refractivity contribution is 6.31. The van der Waals surface area contributed by atoms with Crippen LogP contribution in [-0.2, 0) is 0 Å². The molecule has 0 radical (unpaired) electrons. The Morgan fingerprint density at radius 2 is 2.13 bits per heavy atom. The van der Waals surface area contributed by atoms with E-state index in [0.29, 0.717) is 5.92 Å². The fraction of sp³-hybridized carbons (Fsp3) is 0.538. The van der Waals surface area contributed by atoms with Crippen LogP contribution >= 0.6 is 11.6 Å². The first-order valence-corrected chi connectivity index (χ1v) is 6.09. The first-order valence-electron chi connectivity index (χ1n) is 5.72. The van der Waals surface area contributed by atoms with Crippen LogP contribution in [0.2, 0.25) is 5.02 Å². The van der Waals surface area contributed by atoms with Crippen molar-refractivity contribution in [3.8, 4) is 0 Å². The molecule has 1 N–H and O–H groups in total. The maximum Gasteiger partial charge on any atom is 0.0440 e. The average molecular weight is 224 g/mol. The maximum atomic E-state index is 6.25. The number of benzene rings is 1. The molecule has 2 heteroatoms. The van der Waals surface area contributed by atoms with Crippen LogP contribution in [0.3, 0.4) is 0 Å². The highest BCUT2D eigenvalue weighted by Gasteiger charge is 2.28. The molecule has 0 spiro atoms. The van der Waals surface area contributed by atoms with Crippen LogP contribution in [0.15, 0.2) is 24.3 Å². The SMILES string of the molecule is CNCC1CCCC1c1ccccc1Cl. The van der Waals surface area contributed by atoms with Gasteiger partial charge >= 0.3 is 0 Å². The lowest BCUT2D eigenvalue weighted by Gasteiger charge is -2.20. The van der Waals surface area contributed by atoms with Crippen molar-refractivity contribution < 1.29 is 0 Å². The van der Waals surface area contributed by atoms with E-state index in [1.807, 2.05) is 19.2 Å². The van der Waals surface area contributed by atoms with Gasteiger partial charge in [-0.15, -0.1) is 0 Å². The average Bonchev–Trinajstić information content (AvgIpc) is 2.67. The fourth-order valence-corrected chi connectivity index (χ4v) is 3.00. The van der Waals surface area contributed by atoms with E-state index in [1.54, 1.807) is 0 Å². The second-order valence-electron chi connectivity index (χ2n) is 4.38. The molecule has 1 aliphatic carbocycles. The molecule has 0 aromatic heterocycles. The van der Waals surface area contributed by atoms with E-state index < -0.39 is 0 Å². The first-order chi connectivity index (χ1) is 7.33. The zero-order valence-electron chi connectivity index (χ0n) is 9.17. The summed E-state index contributed by atoms with van der Waals surface area (Å²) in [6, 6.07) is 8.29. The molecule has 0 heterocycles. The summed E-state index contributed by atoms with van der Waals surface area (Å²) in [5, 5.41) is 4.22.